The zero-order chi connectivity index (χ0) is 19.5. The van der Waals surface area contributed by atoms with Gasteiger partial charge in [-0.25, -0.2) is 4.79 Å². The highest BCUT2D eigenvalue weighted by Crippen LogP contribution is 2.36. The number of carbonyl (C=O) groups is 1. The summed E-state index contributed by atoms with van der Waals surface area (Å²) in [6, 6.07) is 4.44. The number of benzene rings is 1. The fourth-order valence-electron chi connectivity index (χ4n) is 4.17. The minimum absolute atomic E-state index is 0.0812. The van der Waals surface area contributed by atoms with Crippen LogP contribution < -0.4 is 10.6 Å². The number of rotatable bonds is 4. The quantitative estimate of drug-likeness (QED) is 0.837. The highest BCUT2D eigenvalue weighted by Gasteiger charge is 2.40. The van der Waals surface area contributed by atoms with Gasteiger partial charge >= 0.3 is 12.2 Å². The molecule has 1 heterocycles. The molecule has 5 nitrogen and oxygen atoms in total. The van der Waals surface area contributed by atoms with Gasteiger partial charge in [0.15, 0.2) is 0 Å². The molecule has 2 amide bonds. The van der Waals surface area contributed by atoms with Crippen LogP contribution in [0.1, 0.15) is 31.2 Å². The first kappa shape index (κ1) is 19.9. The Kier molecular flexibility index (Phi) is 5.95. The number of alkyl halides is 3. The highest BCUT2D eigenvalue weighted by atomic mass is 19.4. The van der Waals surface area contributed by atoms with Crippen LogP contribution >= 0.6 is 0 Å². The smallest absolute Gasteiger partial charge is 0.336 e. The van der Waals surface area contributed by atoms with Crippen molar-refractivity contribution in [1.29, 1.82) is 0 Å². The van der Waals surface area contributed by atoms with Crippen LogP contribution in [0.5, 0.6) is 0 Å². The first-order valence-electron chi connectivity index (χ1n) is 9.45. The van der Waals surface area contributed by atoms with Gasteiger partial charge in [0, 0.05) is 38.3 Å². The molecule has 1 aromatic rings. The Bertz CT molecular complexity index is 651. The van der Waals surface area contributed by atoms with Crippen LogP contribution in [0.4, 0.5) is 23.7 Å². The van der Waals surface area contributed by atoms with Crippen LogP contribution in [0.25, 0.3) is 0 Å². The Labute approximate surface area is 157 Å². The van der Waals surface area contributed by atoms with E-state index in [4.69, 9.17) is 0 Å². The van der Waals surface area contributed by atoms with Gasteiger partial charge in [0.05, 0.1) is 11.3 Å². The minimum atomic E-state index is -4.50. The average molecular weight is 384 g/mol. The molecule has 8 heteroatoms. The van der Waals surface area contributed by atoms with Crippen molar-refractivity contribution in [3.05, 3.63) is 29.8 Å². The number of nitrogens with one attached hydrogen (secondary N) is 2. The molecule has 2 fully saturated rings. The van der Waals surface area contributed by atoms with E-state index in [1.165, 1.54) is 18.2 Å². The molecular weight excluding hydrogens is 357 g/mol. The number of anilines is 1. The van der Waals surface area contributed by atoms with Gasteiger partial charge in [-0.15, -0.1) is 0 Å². The Balaban J connectivity index is 1.63. The van der Waals surface area contributed by atoms with Crippen molar-refractivity contribution in [3.63, 3.8) is 0 Å². The number of para-hydroxylation sites is 1. The molecule has 1 saturated carbocycles. The molecule has 0 aromatic heterocycles. The third-order valence-electron chi connectivity index (χ3n) is 5.77. The van der Waals surface area contributed by atoms with Crippen molar-refractivity contribution in [3.8, 4) is 0 Å². The molecule has 0 bridgehead atoms. The van der Waals surface area contributed by atoms with Crippen LogP contribution in [0.15, 0.2) is 24.3 Å². The predicted octanol–water partition coefficient (Wildman–Crippen LogP) is 3.39. The predicted molar refractivity (Wildman–Crippen MR) is 98.7 cm³/mol. The van der Waals surface area contributed by atoms with Crippen LogP contribution in [0, 0.1) is 0 Å². The third kappa shape index (κ3) is 4.73. The maximum absolute atomic E-state index is 13.1. The van der Waals surface area contributed by atoms with Gasteiger partial charge in [0.1, 0.15) is 0 Å². The third-order valence-corrected chi connectivity index (χ3v) is 5.77. The number of urea groups is 1. The zero-order valence-corrected chi connectivity index (χ0v) is 15.6. The minimum Gasteiger partial charge on any atom is -0.336 e. The molecule has 150 valence electrons. The van der Waals surface area contributed by atoms with Crippen molar-refractivity contribution < 1.29 is 18.0 Å². The second kappa shape index (κ2) is 8.06. The lowest BCUT2D eigenvalue weighted by molar-refractivity contribution is -0.136. The molecule has 1 saturated heterocycles. The van der Waals surface area contributed by atoms with E-state index in [0.29, 0.717) is 6.54 Å². The summed E-state index contributed by atoms with van der Waals surface area (Å²) in [7, 11) is 2.10. The summed E-state index contributed by atoms with van der Waals surface area (Å²) in [5.41, 5.74) is -1.14. The summed E-state index contributed by atoms with van der Waals surface area (Å²) in [4.78, 5) is 17.0. The summed E-state index contributed by atoms with van der Waals surface area (Å²) < 4.78 is 39.3. The van der Waals surface area contributed by atoms with Crippen LogP contribution in [-0.2, 0) is 6.18 Å². The summed E-state index contributed by atoms with van der Waals surface area (Å²) in [5.74, 6) is 0. The van der Waals surface area contributed by atoms with Crippen molar-refractivity contribution in [2.24, 2.45) is 0 Å². The Morgan fingerprint density at radius 1 is 1.11 bits per heavy atom. The topological polar surface area (TPSA) is 47.6 Å². The normalized spacial score (nSPS) is 21.2. The second-order valence-corrected chi connectivity index (χ2v) is 7.57. The molecule has 3 rings (SSSR count). The van der Waals surface area contributed by atoms with E-state index in [0.717, 1.165) is 57.9 Å². The first-order valence-corrected chi connectivity index (χ1v) is 9.45. The lowest BCUT2D eigenvalue weighted by Gasteiger charge is -2.45. The molecule has 0 radical (unpaired) electrons. The highest BCUT2D eigenvalue weighted by molar-refractivity contribution is 5.90. The van der Waals surface area contributed by atoms with E-state index in [-0.39, 0.29) is 11.2 Å². The molecule has 27 heavy (non-hydrogen) atoms. The molecule has 1 aliphatic carbocycles. The standard InChI is InChI=1S/C19H27F3N4O/c1-25-10-12-26(13-11-25)18(8-4-5-9-18)14-23-17(27)24-16-7-3-2-6-15(16)19(20,21)22/h2-3,6-7H,4-5,8-14H2,1H3,(H2,23,24,27). The monoisotopic (exact) mass is 384 g/mol. The summed E-state index contributed by atoms with van der Waals surface area (Å²) in [6.45, 7) is 4.35. The number of hydrogen-bond donors (Lipinski definition) is 2. The number of nitrogens with zero attached hydrogens (tertiary/aromatic N) is 2. The van der Waals surface area contributed by atoms with Gasteiger partial charge in [0.25, 0.3) is 0 Å². The fourth-order valence-corrected chi connectivity index (χ4v) is 4.17. The SMILES string of the molecule is CN1CCN(C2(CNC(=O)Nc3ccccc3C(F)(F)F)CCCC2)CC1. The van der Waals surface area contributed by atoms with Gasteiger partial charge in [0.2, 0.25) is 0 Å². The van der Waals surface area contributed by atoms with Crippen molar-refractivity contribution in [1.82, 2.24) is 15.1 Å². The number of halogens is 3. The maximum atomic E-state index is 13.1. The summed E-state index contributed by atoms with van der Waals surface area (Å²) >= 11 is 0. The maximum Gasteiger partial charge on any atom is 0.418 e. The zero-order valence-electron chi connectivity index (χ0n) is 15.6. The van der Waals surface area contributed by atoms with Gasteiger partial charge in [-0.3, -0.25) is 4.90 Å². The van der Waals surface area contributed by atoms with Crippen molar-refractivity contribution in [2.75, 3.05) is 45.1 Å². The van der Waals surface area contributed by atoms with E-state index in [1.807, 2.05) is 0 Å². The van der Waals surface area contributed by atoms with Gasteiger partial charge < -0.3 is 15.5 Å². The van der Waals surface area contributed by atoms with Crippen LogP contribution in [-0.4, -0.2) is 61.1 Å². The second-order valence-electron chi connectivity index (χ2n) is 7.57. The van der Waals surface area contributed by atoms with Gasteiger partial charge in [-0.05, 0) is 32.0 Å². The Hall–Kier alpha value is -1.80. The molecule has 1 aliphatic heterocycles. The molecule has 0 atom stereocenters. The Morgan fingerprint density at radius 2 is 1.74 bits per heavy atom. The van der Waals surface area contributed by atoms with E-state index < -0.39 is 17.8 Å². The number of amides is 2. The van der Waals surface area contributed by atoms with E-state index >= 15 is 0 Å². The fraction of sp³-hybridized carbons (Fsp3) is 0.632. The molecule has 0 unspecified atom stereocenters. The molecule has 1 aromatic carbocycles. The molecule has 2 N–H and O–H groups in total. The number of hydrogen-bond acceptors (Lipinski definition) is 3. The van der Waals surface area contributed by atoms with Crippen molar-refractivity contribution in [2.45, 2.75) is 37.4 Å². The number of carbonyl (C=O) groups excluding carboxylic acids is 1. The van der Waals surface area contributed by atoms with Crippen LogP contribution in [0.3, 0.4) is 0 Å². The molecule has 0 spiro atoms. The van der Waals surface area contributed by atoms with E-state index in [9.17, 15) is 18.0 Å². The van der Waals surface area contributed by atoms with E-state index in [2.05, 4.69) is 27.5 Å². The Morgan fingerprint density at radius 3 is 2.37 bits per heavy atom. The lowest BCUT2D eigenvalue weighted by atomic mass is 9.94. The summed E-state index contributed by atoms with van der Waals surface area (Å²) in [6.07, 6.45) is -0.248. The number of piperazine rings is 1. The summed E-state index contributed by atoms with van der Waals surface area (Å²) in [5, 5.41) is 5.20. The molecular formula is C19H27F3N4O. The van der Waals surface area contributed by atoms with E-state index in [1.54, 1.807) is 0 Å². The van der Waals surface area contributed by atoms with Gasteiger partial charge in [-0.2, -0.15) is 13.2 Å². The largest absolute Gasteiger partial charge is 0.418 e. The lowest BCUT2D eigenvalue weighted by Crippen LogP contribution is -2.59. The van der Waals surface area contributed by atoms with Crippen LogP contribution in [0.2, 0.25) is 0 Å². The molecule has 2 aliphatic rings. The first-order chi connectivity index (χ1) is 12.8. The average Bonchev–Trinajstić information content (AvgIpc) is 3.10. The van der Waals surface area contributed by atoms with Crippen molar-refractivity contribution >= 4 is 11.7 Å². The number of likely N-dealkylation sites (N-methyl/N-ethyl adjacent to an activating group) is 1. The van der Waals surface area contributed by atoms with Gasteiger partial charge in [-0.1, -0.05) is 25.0 Å².